The summed E-state index contributed by atoms with van der Waals surface area (Å²) >= 11 is 0. The number of hydrogen-bond donors (Lipinski definition) is 0. The third-order valence-corrected chi connectivity index (χ3v) is 6.44. The summed E-state index contributed by atoms with van der Waals surface area (Å²) in [5, 5.41) is 0. The molecule has 0 heterocycles. The molecule has 0 saturated carbocycles. The van der Waals surface area contributed by atoms with Gasteiger partial charge in [-0.05, 0) is 60.8 Å². The van der Waals surface area contributed by atoms with E-state index in [1.54, 1.807) is 0 Å². The Morgan fingerprint density at radius 3 is 1.53 bits per heavy atom. The van der Waals surface area contributed by atoms with Crippen LogP contribution in [-0.4, -0.2) is 0 Å². The Hall–Kier alpha value is -2.34. The number of hydrogen-bond acceptors (Lipinski definition) is 0. The quantitative estimate of drug-likeness (QED) is 0.213. The van der Waals surface area contributed by atoms with E-state index in [2.05, 4.69) is 104 Å². The molecule has 0 rings (SSSR count). The molecule has 0 aromatic heterocycles. The maximum absolute atomic E-state index is 4.20. The molecule has 0 aliphatic heterocycles. The Morgan fingerprint density at radius 1 is 0.688 bits per heavy atom. The normalized spacial score (nSPS) is 17.6. The van der Waals surface area contributed by atoms with Crippen molar-refractivity contribution in [3.05, 3.63) is 109 Å². The first-order valence-corrected chi connectivity index (χ1v) is 12.3. The van der Waals surface area contributed by atoms with E-state index in [0.717, 1.165) is 19.3 Å². The molecule has 4 atom stereocenters. The van der Waals surface area contributed by atoms with Crippen molar-refractivity contribution in [1.82, 2.24) is 0 Å². The summed E-state index contributed by atoms with van der Waals surface area (Å²) in [5.74, 6) is 1.80. The second-order valence-electron chi connectivity index (χ2n) is 8.74. The van der Waals surface area contributed by atoms with Gasteiger partial charge in [-0.25, -0.2) is 0 Å². The number of rotatable bonds is 16. The molecule has 0 aromatic carbocycles. The lowest BCUT2D eigenvalue weighted by Crippen LogP contribution is -2.14. The van der Waals surface area contributed by atoms with Gasteiger partial charge in [-0.2, -0.15) is 0 Å². The third kappa shape index (κ3) is 9.86. The Labute approximate surface area is 200 Å². The molecule has 0 amide bonds. The van der Waals surface area contributed by atoms with Crippen LogP contribution in [0.15, 0.2) is 109 Å². The molecule has 0 radical (unpaired) electrons. The van der Waals surface area contributed by atoms with Crippen molar-refractivity contribution in [1.29, 1.82) is 0 Å². The van der Waals surface area contributed by atoms with Crippen LogP contribution in [0.2, 0.25) is 0 Å². The van der Waals surface area contributed by atoms with Gasteiger partial charge in [0.25, 0.3) is 0 Å². The van der Waals surface area contributed by atoms with Crippen molar-refractivity contribution in [3.8, 4) is 0 Å². The van der Waals surface area contributed by atoms with Crippen LogP contribution in [0.1, 0.15) is 67.2 Å². The van der Waals surface area contributed by atoms with Crippen molar-refractivity contribution in [2.75, 3.05) is 0 Å². The largest absolute Gasteiger partial charge is 0.0991 e. The van der Waals surface area contributed by atoms with Crippen LogP contribution in [0.25, 0.3) is 0 Å². The van der Waals surface area contributed by atoms with E-state index in [1.807, 2.05) is 24.3 Å². The molecule has 0 aromatic rings. The fourth-order valence-corrected chi connectivity index (χ4v) is 3.94. The summed E-state index contributed by atoms with van der Waals surface area (Å²) in [5.41, 5.74) is 5.04. The summed E-state index contributed by atoms with van der Waals surface area (Å²) in [6.07, 6.45) is 25.4. The van der Waals surface area contributed by atoms with Crippen LogP contribution in [0, 0.1) is 23.7 Å². The molecule has 0 bridgehead atoms. The van der Waals surface area contributed by atoms with E-state index >= 15 is 0 Å². The van der Waals surface area contributed by atoms with Gasteiger partial charge in [0, 0.05) is 11.8 Å². The van der Waals surface area contributed by atoms with E-state index in [9.17, 15) is 0 Å². The molecule has 0 fully saturated rings. The standard InChI is InChI=1S/C32H48/c1-11-19-21-28(16-6)32(23-26(10)14-4)30(18-8)24-29(17-7)31(22-25(9)13-3)27(15-5)20-12-2/h11-12,15-21,24-26,31-32H,2,5-7,13-14,22-23H2,1,3-4,8-10H3/b19-11-,27-20+,28-21+,29-24+,30-18+. The fourth-order valence-electron chi connectivity index (χ4n) is 3.94. The zero-order chi connectivity index (χ0) is 24.5. The van der Waals surface area contributed by atoms with Gasteiger partial charge >= 0.3 is 0 Å². The van der Waals surface area contributed by atoms with Gasteiger partial charge < -0.3 is 0 Å². The maximum atomic E-state index is 4.20. The second-order valence-corrected chi connectivity index (χ2v) is 8.74. The first-order valence-electron chi connectivity index (χ1n) is 12.3. The minimum atomic E-state index is 0.254. The van der Waals surface area contributed by atoms with E-state index in [4.69, 9.17) is 0 Å². The molecular weight excluding hydrogens is 384 g/mol. The van der Waals surface area contributed by atoms with Gasteiger partial charge in [0.2, 0.25) is 0 Å². The molecule has 0 N–H and O–H groups in total. The van der Waals surface area contributed by atoms with Crippen LogP contribution in [0.3, 0.4) is 0 Å². The van der Waals surface area contributed by atoms with Gasteiger partial charge in [0.1, 0.15) is 0 Å². The molecule has 0 spiro atoms. The Bertz CT molecular complexity index is 747. The molecule has 4 unspecified atom stereocenters. The summed E-state index contributed by atoms with van der Waals surface area (Å²) < 4.78 is 0. The van der Waals surface area contributed by atoms with Crippen LogP contribution in [-0.2, 0) is 0 Å². The van der Waals surface area contributed by atoms with Crippen LogP contribution in [0.5, 0.6) is 0 Å². The predicted molar refractivity (Wildman–Crippen MR) is 149 cm³/mol. The van der Waals surface area contributed by atoms with Crippen molar-refractivity contribution < 1.29 is 0 Å². The van der Waals surface area contributed by atoms with E-state index in [1.165, 1.54) is 28.7 Å². The molecule has 0 aliphatic rings. The molecular formula is C32H48. The topological polar surface area (TPSA) is 0 Å². The zero-order valence-electron chi connectivity index (χ0n) is 21.7. The Morgan fingerprint density at radius 2 is 1.16 bits per heavy atom. The van der Waals surface area contributed by atoms with Gasteiger partial charge in [-0.1, -0.05) is 128 Å². The van der Waals surface area contributed by atoms with Crippen LogP contribution < -0.4 is 0 Å². The fraction of sp³-hybridized carbons (Fsp3) is 0.438. The van der Waals surface area contributed by atoms with Gasteiger partial charge in [0.15, 0.2) is 0 Å². The molecule has 32 heavy (non-hydrogen) atoms. The molecule has 0 heteroatoms. The lowest BCUT2D eigenvalue weighted by atomic mass is 9.78. The maximum Gasteiger partial charge on any atom is 0.00915 e. The van der Waals surface area contributed by atoms with Gasteiger partial charge in [0.05, 0.1) is 0 Å². The summed E-state index contributed by atoms with van der Waals surface area (Å²) in [4.78, 5) is 0. The average molecular weight is 433 g/mol. The van der Waals surface area contributed by atoms with Gasteiger partial charge in [-0.3, -0.25) is 0 Å². The summed E-state index contributed by atoms with van der Waals surface area (Å²) in [6, 6.07) is 0. The Balaban J connectivity index is 6.62. The molecule has 0 aliphatic carbocycles. The lowest BCUT2D eigenvalue weighted by Gasteiger charge is -2.27. The van der Waals surface area contributed by atoms with Crippen molar-refractivity contribution in [2.24, 2.45) is 23.7 Å². The van der Waals surface area contributed by atoms with Gasteiger partial charge in [-0.15, -0.1) is 0 Å². The minimum absolute atomic E-state index is 0.254. The van der Waals surface area contributed by atoms with Crippen molar-refractivity contribution in [2.45, 2.75) is 67.2 Å². The van der Waals surface area contributed by atoms with Crippen molar-refractivity contribution >= 4 is 0 Å². The average Bonchev–Trinajstić information content (AvgIpc) is 2.81. The van der Waals surface area contributed by atoms with E-state index < -0.39 is 0 Å². The second kappa shape index (κ2) is 17.2. The summed E-state index contributed by atoms with van der Waals surface area (Å²) in [6.45, 7) is 29.7. The monoisotopic (exact) mass is 432 g/mol. The summed E-state index contributed by atoms with van der Waals surface area (Å²) in [7, 11) is 0. The minimum Gasteiger partial charge on any atom is -0.0991 e. The first-order chi connectivity index (χ1) is 15.4. The molecule has 0 nitrogen and oxygen atoms in total. The smallest absolute Gasteiger partial charge is 0.00915 e. The van der Waals surface area contributed by atoms with E-state index in [-0.39, 0.29) is 5.92 Å². The number of allylic oxidation sites excluding steroid dienone is 14. The van der Waals surface area contributed by atoms with E-state index in [0.29, 0.717) is 17.8 Å². The molecule has 0 saturated heterocycles. The third-order valence-electron chi connectivity index (χ3n) is 6.44. The highest BCUT2D eigenvalue weighted by Crippen LogP contribution is 2.35. The highest BCUT2D eigenvalue weighted by atomic mass is 14.3. The lowest BCUT2D eigenvalue weighted by molar-refractivity contribution is 0.456. The zero-order valence-corrected chi connectivity index (χ0v) is 21.7. The highest BCUT2D eigenvalue weighted by molar-refractivity contribution is 5.43. The highest BCUT2D eigenvalue weighted by Gasteiger charge is 2.22. The van der Waals surface area contributed by atoms with Crippen LogP contribution in [0.4, 0.5) is 0 Å². The van der Waals surface area contributed by atoms with Crippen LogP contribution >= 0.6 is 0 Å². The first kappa shape index (κ1) is 29.7. The SMILES string of the molecule is C=C/C=C(\C=C)C(CC(C)CC)/C(C=C)=C/C(=C\C)C(CC(C)CC)/C(C=C)=C/C=C\C. The predicted octanol–water partition coefficient (Wildman–Crippen LogP) is 10.1. The molecule has 176 valence electrons. The Kier molecular flexibility index (Phi) is 16.0. The van der Waals surface area contributed by atoms with Crippen molar-refractivity contribution in [3.63, 3.8) is 0 Å².